The van der Waals surface area contributed by atoms with Crippen LogP contribution in [0.5, 0.6) is 0 Å². The van der Waals surface area contributed by atoms with E-state index < -0.39 is 0 Å². The van der Waals surface area contributed by atoms with Gasteiger partial charge in [0.05, 0.1) is 6.26 Å². The number of carbonyl (C=O) groups excluding carboxylic acids is 1. The fourth-order valence-corrected chi connectivity index (χ4v) is 2.38. The summed E-state index contributed by atoms with van der Waals surface area (Å²) in [6.45, 7) is 0.362. The van der Waals surface area contributed by atoms with Gasteiger partial charge in [0.1, 0.15) is 11.8 Å². The zero-order valence-corrected chi connectivity index (χ0v) is 12.4. The topological polar surface area (TPSA) is 60.1 Å². The van der Waals surface area contributed by atoms with E-state index in [2.05, 4.69) is 10.4 Å². The molecule has 0 saturated carbocycles. The molecule has 3 rings (SSSR count). The molecular weight excluding hydrogens is 302 g/mol. The summed E-state index contributed by atoms with van der Waals surface area (Å²) in [7, 11) is 0. The van der Waals surface area contributed by atoms with Crippen molar-refractivity contribution in [3.05, 3.63) is 77.5 Å². The molecule has 0 fully saturated rings. The summed E-state index contributed by atoms with van der Waals surface area (Å²) in [6, 6.07) is 12.1. The Balaban J connectivity index is 1.73. The summed E-state index contributed by atoms with van der Waals surface area (Å²) >= 11 is 5.90. The van der Waals surface area contributed by atoms with Crippen LogP contribution in [-0.4, -0.2) is 22.2 Å². The molecule has 1 N–H and O–H groups in total. The Morgan fingerprint density at radius 2 is 2.23 bits per heavy atom. The molecule has 0 bridgehead atoms. The van der Waals surface area contributed by atoms with E-state index in [0.717, 1.165) is 5.76 Å². The second-order valence-electron chi connectivity index (χ2n) is 4.74. The number of hydrogen-bond acceptors (Lipinski definition) is 3. The third kappa shape index (κ3) is 3.20. The molecule has 0 spiro atoms. The number of rotatable bonds is 5. The van der Waals surface area contributed by atoms with Crippen LogP contribution in [0.3, 0.4) is 0 Å². The van der Waals surface area contributed by atoms with E-state index in [-0.39, 0.29) is 11.9 Å². The van der Waals surface area contributed by atoms with Gasteiger partial charge in [0.15, 0.2) is 0 Å². The Bertz CT molecular complexity index is 704. The van der Waals surface area contributed by atoms with Crippen molar-refractivity contribution in [3.63, 3.8) is 0 Å². The highest BCUT2D eigenvalue weighted by atomic mass is 35.5. The highest BCUT2D eigenvalue weighted by Crippen LogP contribution is 2.17. The standard InChI is InChI=1S/C16H14ClN3O2/c17-13-5-1-4-12(10-13)16(21)18-11-14(15-6-2-9-22-15)20-8-3-7-19-20/h1-10,14H,11H2,(H,18,21)/t14-/m0/s1. The lowest BCUT2D eigenvalue weighted by Crippen LogP contribution is -2.31. The van der Waals surface area contributed by atoms with Crippen molar-refractivity contribution in [3.8, 4) is 0 Å². The van der Waals surface area contributed by atoms with E-state index in [1.54, 1.807) is 41.4 Å². The highest BCUT2D eigenvalue weighted by molar-refractivity contribution is 6.30. The van der Waals surface area contributed by atoms with Crippen molar-refractivity contribution in [1.29, 1.82) is 0 Å². The summed E-state index contributed by atoms with van der Waals surface area (Å²) in [5, 5.41) is 7.64. The number of aromatic nitrogens is 2. The van der Waals surface area contributed by atoms with Crippen LogP contribution in [0.25, 0.3) is 0 Å². The number of carbonyl (C=O) groups is 1. The van der Waals surface area contributed by atoms with E-state index in [9.17, 15) is 4.79 Å². The second-order valence-corrected chi connectivity index (χ2v) is 5.17. The first-order valence-corrected chi connectivity index (χ1v) is 7.18. The maximum absolute atomic E-state index is 12.2. The number of nitrogens with one attached hydrogen (secondary N) is 1. The van der Waals surface area contributed by atoms with Gasteiger partial charge in [-0.15, -0.1) is 0 Å². The largest absolute Gasteiger partial charge is 0.467 e. The lowest BCUT2D eigenvalue weighted by atomic mass is 10.2. The van der Waals surface area contributed by atoms with Gasteiger partial charge in [-0.3, -0.25) is 9.48 Å². The third-order valence-corrected chi connectivity index (χ3v) is 3.49. The minimum absolute atomic E-state index is 0.189. The van der Waals surface area contributed by atoms with E-state index in [4.69, 9.17) is 16.0 Å². The molecule has 5 nitrogen and oxygen atoms in total. The fraction of sp³-hybridized carbons (Fsp3) is 0.125. The summed E-state index contributed by atoms with van der Waals surface area (Å²) in [5.41, 5.74) is 0.520. The number of hydrogen-bond donors (Lipinski definition) is 1. The molecule has 2 heterocycles. The minimum Gasteiger partial charge on any atom is -0.467 e. The molecule has 0 aliphatic rings. The first-order chi connectivity index (χ1) is 10.7. The maximum Gasteiger partial charge on any atom is 0.251 e. The molecule has 0 unspecified atom stereocenters. The molecular formula is C16H14ClN3O2. The van der Waals surface area contributed by atoms with Crippen LogP contribution >= 0.6 is 11.6 Å². The van der Waals surface area contributed by atoms with E-state index in [1.165, 1.54) is 0 Å². The zero-order chi connectivity index (χ0) is 15.4. The lowest BCUT2D eigenvalue weighted by molar-refractivity contribution is 0.0948. The average Bonchev–Trinajstić information content (AvgIpc) is 3.21. The normalized spacial score (nSPS) is 12.0. The Hall–Kier alpha value is -2.53. The number of benzene rings is 1. The van der Waals surface area contributed by atoms with Crippen LogP contribution in [0.1, 0.15) is 22.2 Å². The molecule has 22 heavy (non-hydrogen) atoms. The molecule has 112 valence electrons. The number of halogens is 1. The molecule has 0 aliphatic heterocycles. The molecule has 1 atom stereocenters. The summed E-state index contributed by atoms with van der Waals surface area (Å²) < 4.78 is 7.19. The van der Waals surface area contributed by atoms with Crippen LogP contribution in [0.15, 0.2) is 65.5 Å². The molecule has 1 aromatic carbocycles. The van der Waals surface area contributed by atoms with E-state index in [1.807, 2.05) is 24.4 Å². The quantitative estimate of drug-likeness (QED) is 0.787. The lowest BCUT2D eigenvalue weighted by Gasteiger charge is -2.16. The molecule has 0 saturated heterocycles. The van der Waals surface area contributed by atoms with Crippen LogP contribution in [0.2, 0.25) is 5.02 Å². The molecule has 6 heteroatoms. The molecule has 1 amide bonds. The molecule has 0 aliphatic carbocycles. The minimum atomic E-state index is -0.201. The Morgan fingerprint density at radius 1 is 1.32 bits per heavy atom. The van der Waals surface area contributed by atoms with E-state index in [0.29, 0.717) is 17.1 Å². The Labute approximate surface area is 132 Å². The first-order valence-electron chi connectivity index (χ1n) is 6.80. The van der Waals surface area contributed by atoms with Crippen LogP contribution in [0, 0.1) is 0 Å². The SMILES string of the molecule is O=C(NC[C@@H](c1ccco1)n1cccn1)c1cccc(Cl)c1. The summed E-state index contributed by atoms with van der Waals surface area (Å²) in [5.74, 6) is 0.543. The van der Waals surface area contributed by atoms with Crippen LogP contribution in [0.4, 0.5) is 0 Å². The van der Waals surface area contributed by atoms with E-state index >= 15 is 0 Å². The van der Waals surface area contributed by atoms with Gasteiger partial charge < -0.3 is 9.73 Å². The van der Waals surface area contributed by atoms with Gasteiger partial charge in [0.25, 0.3) is 5.91 Å². The molecule has 0 radical (unpaired) electrons. The van der Waals surface area contributed by atoms with Gasteiger partial charge in [-0.05, 0) is 36.4 Å². The number of nitrogens with zero attached hydrogens (tertiary/aromatic N) is 2. The van der Waals surface area contributed by atoms with Gasteiger partial charge in [-0.2, -0.15) is 5.10 Å². The predicted octanol–water partition coefficient (Wildman–Crippen LogP) is 3.15. The van der Waals surface area contributed by atoms with Gasteiger partial charge in [-0.25, -0.2) is 0 Å². The van der Waals surface area contributed by atoms with Gasteiger partial charge in [-0.1, -0.05) is 17.7 Å². The first kappa shape index (κ1) is 14.4. The monoisotopic (exact) mass is 315 g/mol. The predicted molar refractivity (Wildman–Crippen MR) is 82.9 cm³/mol. The van der Waals surface area contributed by atoms with Crippen molar-refractivity contribution in [2.75, 3.05) is 6.54 Å². The summed E-state index contributed by atoms with van der Waals surface area (Å²) in [4.78, 5) is 12.2. The highest BCUT2D eigenvalue weighted by Gasteiger charge is 2.18. The average molecular weight is 316 g/mol. The maximum atomic E-state index is 12.2. The van der Waals surface area contributed by atoms with Crippen molar-refractivity contribution in [1.82, 2.24) is 15.1 Å². The van der Waals surface area contributed by atoms with Gasteiger partial charge in [0.2, 0.25) is 0 Å². The zero-order valence-electron chi connectivity index (χ0n) is 11.6. The fourth-order valence-electron chi connectivity index (χ4n) is 2.19. The van der Waals surface area contributed by atoms with Crippen molar-refractivity contribution >= 4 is 17.5 Å². The Kier molecular flexibility index (Phi) is 4.25. The number of amides is 1. The molecule has 3 aromatic rings. The smallest absolute Gasteiger partial charge is 0.251 e. The number of furan rings is 1. The summed E-state index contributed by atoms with van der Waals surface area (Å²) in [6.07, 6.45) is 5.12. The van der Waals surface area contributed by atoms with Crippen molar-refractivity contribution in [2.45, 2.75) is 6.04 Å². The van der Waals surface area contributed by atoms with Gasteiger partial charge >= 0.3 is 0 Å². The molecule has 2 aromatic heterocycles. The van der Waals surface area contributed by atoms with Crippen molar-refractivity contribution < 1.29 is 9.21 Å². The van der Waals surface area contributed by atoms with Crippen molar-refractivity contribution in [2.24, 2.45) is 0 Å². The Morgan fingerprint density at radius 3 is 2.91 bits per heavy atom. The van der Waals surface area contributed by atoms with Gasteiger partial charge in [0, 0.05) is 29.5 Å². The van der Waals surface area contributed by atoms with Crippen LogP contribution in [-0.2, 0) is 0 Å². The second kappa shape index (κ2) is 6.49. The van der Waals surface area contributed by atoms with Crippen LogP contribution < -0.4 is 5.32 Å². The third-order valence-electron chi connectivity index (χ3n) is 3.26.